The van der Waals surface area contributed by atoms with Gasteiger partial charge in [-0.2, -0.15) is 0 Å². The largest absolute Gasteiger partial charge is 0.335 e. The molecule has 2 aromatic carbocycles. The topological polar surface area (TPSA) is 20.3 Å². The Morgan fingerprint density at radius 3 is 2.83 bits per heavy atom. The van der Waals surface area contributed by atoms with Gasteiger partial charge in [0.15, 0.2) is 0 Å². The van der Waals surface area contributed by atoms with Crippen LogP contribution in [0.2, 0.25) is 5.02 Å². The number of benzene rings is 2. The normalized spacial score (nSPS) is 22.9. The third kappa shape index (κ3) is 2.89. The Balaban J connectivity index is 1.51. The van der Waals surface area contributed by atoms with Crippen molar-refractivity contribution in [2.45, 2.75) is 31.7 Å². The minimum atomic E-state index is 0.0523. The number of fused-ring (bicyclic) bond motifs is 1. The molecule has 4 heteroatoms. The van der Waals surface area contributed by atoms with E-state index in [2.05, 4.69) is 45.1 Å². The number of aryl methyl sites for hydroxylation is 1. The van der Waals surface area contributed by atoms with Gasteiger partial charge in [-0.15, -0.1) is 0 Å². The number of rotatable bonds is 3. The minimum absolute atomic E-state index is 0.0523. The lowest BCUT2D eigenvalue weighted by molar-refractivity contribution is -0.133. The minimum Gasteiger partial charge on any atom is -0.335 e. The standard InChI is InChI=1S/C20H19BrClNO/c21-16-7-5-14(18(22)12-16)11-15-9-10-23(20(15)24)19-8-6-13-3-1-2-4-17(13)19/h1-5,7,12,15,19H,6,8-11H2. The molecule has 0 aromatic heterocycles. The van der Waals surface area contributed by atoms with Crippen LogP contribution in [-0.4, -0.2) is 17.4 Å². The molecule has 2 aromatic rings. The van der Waals surface area contributed by atoms with Crippen LogP contribution in [0.4, 0.5) is 0 Å². The summed E-state index contributed by atoms with van der Waals surface area (Å²) in [5, 5.41) is 0.738. The van der Waals surface area contributed by atoms with E-state index in [0.29, 0.717) is 0 Å². The Morgan fingerprint density at radius 2 is 2.00 bits per heavy atom. The summed E-state index contributed by atoms with van der Waals surface area (Å²) in [7, 11) is 0. The van der Waals surface area contributed by atoms with Crippen LogP contribution in [-0.2, 0) is 17.6 Å². The second kappa shape index (κ2) is 6.53. The van der Waals surface area contributed by atoms with Gasteiger partial charge in [0.05, 0.1) is 6.04 Å². The quantitative estimate of drug-likeness (QED) is 0.690. The Bertz CT molecular complexity index is 791. The fourth-order valence-electron chi connectivity index (χ4n) is 4.07. The molecular formula is C20H19BrClNO. The fraction of sp³-hybridized carbons (Fsp3) is 0.350. The lowest BCUT2D eigenvalue weighted by atomic mass is 9.98. The second-order valence-electron chi connectivity index (χ2n) is 6.71. The van der Waals surface area contributed by atoms with Gasteiger partial charge in [-0.05, 0) is 54.5 Å². The summed E-state index contributed by atoms with van der Waals surface area (Å²) in [5.41, 5.74) is 3.80. The molecule has 1 fully saturated rings. The van der Waals surface area contributed by atoms with E-state index in [9.17, 15) is 4.79 Å². The van der Waals surface area contributed by atoms with Gasteiger partial charge in [-0.1, -0.05) is 57.9 Å². The molecule has 0 spiro atoms. The molecule has 1 aliphatic heterocycles. The average Bonchev–Trinajstić information content (AvgIpc) is 3.14. The van der Waals surface area contributed by atoms with Crippen LogP contribution >= 0.6 is 27.5 Å². The van der Waals surface area contributed by atoms with E-state index in [1.807, 2.05) is 18.2 Å². The van der Waals surface area contributed by atoms with Crippen molar-refractivity contribution in [3.05, 3.63) is 68.7 Å². The van der Waals surface area contributed by atoms with Crippen LogP contribution in [0.1, 0.15) is 35.6 Å². The molecule has 2 unspecified atom stereocenters. The van der Waals surface area contributed by atoms with E-state index in [1.54, 1.807) is 0 Å². The van der Waals surface area contributed by atoms with Gasteiger partial charge in [-0.25, -0.2) is 0 Å². The van der Waals surface area contributed by atoms with Crippen molar-refractivity contribution in [3.63, 3.8) is 0 Å². The molecule has 2 nitrogen and oxygen atoms in total. The van der Waals surface area contributed by atoms with Gasteiger partial charge in [0.25, 0.3) is 0 Å². The Morgan fingerprint density at radius 1 is 1.17 bits per heavy atom. The van der Waals surface area contributed by atoms with Crippen molar-refractivity contribution in [2.75, 3.05) is 6.54 Å². The number of likely N-dealkylation sites (tertiary alicyclic amines) is 1. The van der Waals surface area contributed by atoms with Gasteiger partial charge in [0, 0.05) is 22.0 Å². The monoisotopic (exact) mass is 403 g/mol. The molecule has 0 bridgehead atoms. The number of hydrogen-bond donors (Lipinski definition) is 0. The highest BCUT2D eigenvalue weighted by atomic mass is 79.9. The first-order chi connectivity index (χ1) is 11.6. The van der Waals surface area contributed by atoms with Crippen LogP contribution < -0.4 is 0 Å². The third-order valence-electron chi connectivity index (χ3n) is 5.31. The van der Waals surface area contributed by atoms with Gasteiger partial charge in [-0.3, -0.25) is 4.79 Å². The molecule has 4 rings (SSSR count). The van der Waals surface area contributed by atoms with Crippen molar-refractivity contribution < 1.29 is 4.79 Å². The van der Waals surface area contributed by atoms with Crippen molar-refractivity contribution >= 4 is 33.4 Å². The average molecular weight is 405 g/mol. The number of carbonyl (C=O) groups excluding carboxylic acids is 1. The summed E-state index contributed by atoms with van der Waals surface area (Å²) < 4.78 is 0.971. The van der Waals surface area contributed by atoms with Crippen LogP contribution in [0.5, 0.6) is 0 Å². The molecule has 0 radical (unpaired) electrons. The van der Waals surface area contributed by atoms with E-state index in [-0.39, 0.29) is 17.9 Å². The van der Waals surface area contributed by atoms with Crippen molar-refractivity contribution in [3.8, 4) is 0 Å². The molecule has 2 atom stereocenters. The lowest BCUT2D eigenvalue weighted by Gasteiger charge is -2.25. The molecule has 2 aliphatic rings. The molecule has 124 valence electrons. The number of carbonyl (C=O) groups is 1. The fourth-order valence-corrected chi connectivity index (χ4v) is 4.82. The zero-order valence-electron chi connectivity index (χ0n) is 13.3. The molecule has 1 aliphatic carbocycles. The maximum atomic E-state index is 13.0. The number of nitrogens with zero attached hydrogens (tertiary/aromatic N) is 1. The highest BCUT2D eigenvalue weighted by molar-refractivity contribution is 9.10. The van der Waals surface area contributed by atoms with Crippen LogP contribution in [0.25, 0.3) is 0 Å². The number of halogens is 2. The predicted octanol–water partition coefficient (Wildman–Crippen LogP) is 5.18. The molecule has 24 heavy (non-hydrogen) atoms. The highest BCUT2D eigenvalue weighted by Crippen LogP contribution is 2.39. The zero-order valence-corrected chi connectivity index (χ0v) is 15.7. The van der Waals surface area contributed by atoms with Gasteiger partial charge >= 0.3 is 0 Å². The number of amides is 1. The van der Waals surface area contributed by atoms with E-state index in [0.717, 1.165) is 47.3 Å². The highest BCUT2D eigenvalue weighted by Gasteiger charge is 2.38. The van der Waals surface area contributed by atoms with E-state index < -0.39 is 0 Å². The van der Waals surface area contributed by atoms with Gasteiger partial charge in [0.2, 0.25) is 5.91 Å². The van der Waals surface area contributed by atoms with E-state index in [4.69, 9.17) is 11.6 Å². The third-order valence-corrected chi connectivity index (χ3v) is 6.15. The molecular weight excluding hydrogens is 386 g/mol. The van der Waals surface area contributed by atoms with Crippen LogP contribution in [0.15, 0.2) is 46.9 Å². The Kier molecular flexibility index (Phi) is 4.40. The summed E-state index contributed by atoms with van der Waals surface area (Å²) in [6.45, 7) is 0.858. The summed E-state index contributed by atoms with van der Waals surface area (Å²) in [5.74, 6) is 0.340. The molecule has 1 heterocycles. The summed E-state index contributed by atoms with van der Waals surface area (Å²) in [6, 6.07) is 14.7. The Hall–Kier alpha value is -1.32. The second-order valence-corrected chi connectivity index (χ2v) is 8.03. The molecule has 1 saturated heterocycles. The SMILES string of the molecule is O=C1C(Cc2ccc(Br)cc2Cl)CCN1C1CCc2ccccc21. The smallest absolute Gasteiger partial charge is 0.226 e. The van der Waals surface area contributed by atoms with Gasteiger partial charge in [0.1, 0.15) is 0 Å². The predicted molar refractivity (Wildman–Crippen MR) is 100 cm³/mol. The zero-order chi connectivity index (χ0) is 16.7. The van der Waals surface area contributed by atoms with Crippen LogP contribution in [0.3, 0.4) is 0 Å². The van der Waals surface area contributed by atoms with Crippen LogP contribution in [0, 0.1) is 5.92 Å². The summed E-state index contributed by atoms with van der Waals surface area (Å²) in [6.07, 6.45) is 3.78. The Labute approximate surface area is 155 Å². The first-order valence-corrected chi connectivity index (χ1v) is 9.63. The first kappa shape index (κ1) is 16.2. The van der Waals surface area contributed by atoms with E-state index in [1.165, 1.54) is 11.1 Å². The van der Waals surface area contributed by atoms with Crippen molar-refractivity contribution in [2.24, 2.45) is 5.92 Å². The summed E-state index contributed by atoms with van der Waals surface area (Å²) >= 11 is 9.76. The molecule has 1 amide bonds. The number of hydrogen-bond acceptors (Lipinski definition) is 1. The summed E-state index contributed by atoms with van der Waals surface area (Å²) in [4.78, 5) is 15.1. The first-order valence-electron chi connectivity index (χ1n) is 8.45. The van der Waals surface area contributed by atoms with Crippen molar-refractivity contribution in [1.29, 1.82) is 0 Å². The van der Waals surface area contributed by atoms with Gasteiger partial charge < -0.3 is 4.90 Å². The molecule has 0 saturated carbocycles. The maximum Gasteiger partial charge on any atom is 0.226 e. The van der Waals surface area contributed by atoms with Crippen molar-refractivity contribution in [1.82, 2.24) is 4.90 Å². The maximum absolute atomic E-state index is 13.0. The lowest BCUT2D eigenvalue weighted by Crippen LogP contribution is -2.31. The van der Waals surface area contributed by atoms with E-state index >= 15 is 0 Å². The molecule has 0 N–H and O–H groups in total.